The largest absolute Gasteiger partial charge is 0.508 e. The molecule has 0 radical (unpaired) electrons. The molecule has 0 aliphatic carbocycles. The van der Waals surface area contributed by atoms with E-state index in [-0.39, 0.29) is 29.7 Å². The van der Waals surface area contributed by atoms with Crippen LogP contribution in [0.4, 0.5) is 27.8 Å². The van der Waals surface area contributed by atoms with E-state index in [0.717, 1.165) is 0 Å². The minimum Gasteiger partial charge on any atom is -0.508 e. The lowest BCUT2D eigenvalue weighted by atomic mass is 10.0. The van der Waals surface area contributed by atoms with E-state index in [9.17, 15) is 15.0 Å². The highest BCUT2D eigenvalue weighted by Gasteiger charge is 2.19. The summed E-state index contributed by atoms with van der Waals surface area (Å²) >= 11 is 0. The second-order valence-electron chi connectivity index (χ2n) is 5.67. The van der Waals surface area contributed by atoms with Crippen molar-refractivity contribution >= 4 is 29.1 Å². The smallest absolute Gasteiger partial charge is 0.412 e. The number of anilines is 4. The fourth-order valence-corrected chi connectivity index (χ4v) is 2.31. The van der Waals surface area contributed by atoms with E-state index in [1.165, 1.54) is 18.2 Å². The fraction of sp³-hybridized carbons (Fsp3) is 0.294. The summed E-state index contributed by atoms with van der Waals surface area (Å²) in [5.74, 6) is 0.319. The Morgan fingerprint density at radius 3 is 2.58 bits per heavy atom. The van der Waals surface area contributed by atoms with E-state index in [4.69, 9.17) is 16.2 Å². The summed E-state index contributed by atoms with van der Waals surface area (Å²) in [4.78, 5) is 15.5. The van der Waals surface area contributed by atoms with Crippen LogP contribution in [0.1, 0.15) is 25.5 Å². The van der Waals surface area contributed by atoms with Gasteiger partial charge in [-0.2, -0.15) is 0 Å². The Labute approximate surface area is 151 Å². The number of aliphatic hydroxyl groups excluding tert-OH is 1. The van der Waals surface area contributed by atoms with Crippen LogP contribution in [-0.4, -0.2) is 33.9 Å². The third-order valence-electron chi connectivity index (χ3n) is 3.69. The number of carbonyl (C=O) groups is 1. The van der Waals surface area contributed by atoms with Crippen LogP contribution in [0.15, 0.2) is 30.3 Å². The molecule has 140 valence electrons. The third-order valence-corrected chi connectivity index (χ3v) is 3.69. The zero-order valence-corrected chi connectivity index (χ0v) is 14.6. The molecule has 0 bridgehead atoms. The first-order valence-corrected chi connectivity index (χ1v) is 8.05. The lowest BCUT2D eigenvalue weighted by Crippen LogP contribution is -2.25. The number of hydrogen-bond donors (Lipinski definition) is 6. The summed E-state index contributed by atoms with van der Waals surface area (Å²) in [6.45, 7) is 3.66. The van der Waals surface area contributed by atoms with Crippen molar-refractivity contribution in [3.05, 3.63) is 35.9 Å². The van der Waals surface area contributed by atoms with Crippen molar-refractivity contribution in [2.45, 2.75) is 26.0 Å². The van der Waals surface area contributed by atoms with E-state index in [1.54, 1.807) is 26.0 Å². The highest BCUT2D eigenvalue weighted by atomic mass is 16.5. The van der Waals surface area contributed by atoms with Gasteiger partial charge < -0.3 is 31.7 Å². The molecule has 1 amide bonds. The minimum atomic E-state index is -0.870. The predicted octanol–water partition coefficient (Wildman–Crippen LogP) is 2.05. The number of benzene rings is 1. The minimum absolute atomic E-state index is 0.0353. The highest BCUT2D eigenvalue weighted by Crippen LogP contribution is 2.30. The fourth-order valence-electron chi connectivity index (χ4n) is 2.31. The molecule has 9 nitrogen and oxygen atoms in total. The normalized spacial score (nSPS) is 12.9. The molecular formula is C17H23N5O4. The van der Waals surface area contributed by atoms with Crippen LogP contribution in [0, 0.1) is 0 Å². The second kappa shape index (κ2) is 8.26. The van der Waals surface area contributed by atoms with Crippen molar-refractivity contribution in [3.8, 4) is 5.75 Å². The second-order valence-corrected chi connectivity index (χ2v) is 5.67. The van der Waals surface area contributed by atoms with Gasteiger partial charge in [-0.05, 0) is 31.5 Å². The summed E-state index contributed by atoms with van der Waals surface area (Å²) in [7, 11) is 0. The number of nitrogen functional groups attached to an aromatic ring is 2. The molecule has 2 atom stereocenters. The van der Waals surface area contributed by atoms with Crippen LogP contribution in [0.25, 0.3) is 0 Å². The summed E-state index contributed by atoms with van der Waals surface area (Å²) in [6, 6.07) is 7.28. The average molecular weight is 361 g/mol. The molecule has 0 aliphatic rings. The maximum absolute atomic E-state index is 11.5. The number of nitrogens with zero attached hydrogens (tertiary/aromatic N) is 1. The molecule has 0 fully saturated rings. The first-order valence-electron chi connectivity index (χ1n) is 8.05. The van der Waals surface area contributed by atoms with Gasteiger partial charge >= 0.3 is 6.09 Å². The maximum Gasteiger partial charge on any atom is 0.412 e. The molecule has 0 unspecified atom stereocenters. The van der Waals surface area contributed by atoms with Gasteiger partial charge in [0, 0.05) is 6.07 Å². The summed E-state index contributed by atoms with van der Waals surface area (Å²) in [6.07, 6.45) is -1.53. The van der Waals surface area contributed by atoms with E-state index in [0.29, 0.717) is 11.3 Å². The van der Waals surface area contributed by atoms with Gasteiger partial charge in [-0.3, -0.25) is 5.32 Å². The van der Waals surface area contributed by atoms with Gasteiger partial charge in [-0.1, -0.05) is 12.1 Å². The van der Waals surface area contributed by atoms with Crippen LogP contribution in [0.3, 0.4) is 0 Å². The topological polar surface area (TPSA) is 156 Å². The number of phenols is 1. The van der Waals surface area contributed by atoms with E-state index < -0.39 is 18.2 Å². The summed E-state index contributed by atoms with van der Waals surface area (Å²) in [5.41, 5.74) is 13.0. The molecule has 1 aromatic carbocycles. The number of ether oxygens (including phenoxy) is 1. The average Bonchev–Trinajstić information content (AvgIpc) is 2.59. The molecule has 0 aliphatic heterocycles. The van der Waals surface area contributed by atoms with Crippen molar-refractivity contribution in [1.82, 2.24) is 4.98 Å². The molecule has 2 rings (SSSR count). The van der Waals surface area contributed by atoms with Gasteiger partial charge in [-0.25, -0.2) is 9.78 Å². The zero-order chi connectivity index (χ0) is 19.3. The number of amides is 1. The Bertz CT molecular complexity index is 766. The van der Waals surface area contributed by atoms with E-state index >= 15 is 0 Å². The monoisotopic (exact) mass is 361 g/mol. The Morgan fingerprint density at radius 1 is 1.31 bits per heavy atom. The van der Waals surface area contributed by atoms with Gasteiger partial charge in [0.05, 0.1) is 30.1 Å². The van der Waals surface area contributed by atoms with Gasteiger partial charge in [0.2, 0.25) is 0 Å². The number of aromatic hydroxyl groups is 1. The highest BCUT2D eigenvalue weighted by molar-refractivity contribution is 5.87. The molecule has 0 spiro atoms. The molecule has 8 N–H and O–H groups in total. The number of pyridine rings is 1. The van der Waals surface area contributed by atoms with Crippen molar-refractivity contribution in [3.63, 3.8) is 0 Å². The first-order chi connectivity index (χ1) is 12.3. The maximum atomic E-state index is 11.5. The van der Waals surface area contributed by atoms with E-state index in [2.05, 4.69) is 15.6 Å². The molecule has 0 saturated carbocycles. The molecule has 1 heterocycles. The van der Waals surface area contributed by atoms with Gasteiger partial charge in [0.25, 0.3) is 0 Å². The zero-order valence-electron chi connectivity index (χ0n) is 14.6. The molecule has 1 aromatic heterocycles. The number of rotatable bonds is 6. The van der Waals surface area contributed by atoms with Crippen LogP contribution in [0.2, 0.25) is 0 Å². The molecule has 26 heavy (non-hydrogen) atoms. The summed E-state index contributed by atoms with van der Waals surface area (Å²) in [5, 5.41) is 25.3. The summed E-state index contributed by atoms with van der Waals surface area (Å²) < 4.78 is 4.80. The van der Waals surface area contributed by atoms with Crippen molar-refractivity contribution < 1.29 is 19.7 Å². The number of nitrogens with two attached hydrogens (primary N) is 2. The molecule has 9 heteroatoms. The Morgan fingerprint density at radius 2 is 1.96 bits per heavy atom. The number of nitrogens with one attached hydrogen (secondary N) is 2. The first kappa shape index (κ1) is 19.1. The molecule has 2 aromatic rings. The van der Waals surface area contributed by atoms with Crippen LogP contribution >= 0.6 is 0 Å². The van der Waals surface area contributed by atoms with Crippen molar-refractivity contribution in [2.24, 2.45) is 0 Å². The molecular weight excluding hydrogens is 338 g/mol. The van der Waals surface area contributed by atoms with Crippen LogP contribution < -0.4 is 22.1 Å². The lowest BCUT2D eigenvalue weighted by molar-refractivity contribution is 0.160. The van der Waals surface area contributed by atoms with Gasteiger partial charge in [-0.15, -0.1) is 0 Å². The third kappa shape index (κ3) is 4.67. The molecule has 0 saturated heterocycles. The number of phenolic OH excluding ortho intramolecular Hbond substituents is 1. The Balaban J connectivity index is 2.17. The standard InChI is InChI=1S/C17H23N5O4/c1-3-26-17(25)22-13-8-12(14(18)16(19)21-13)20-9(2)15(24)10-4-6-11(23)7-5-10/h4-9,15,23-24H,3,18H2,1-2H3,(H4,19,20,21,22,25)/t9-,15-/m1/s1. The quantitative estimate of drug-likeness (QED) is 0.456. The Hall–Kier alpha value is -3.20. The lowest BCUT2D eigenvalue weighted by Gasteiger charge is -2.23. The van der Waals surface area contributed by atoms with Gasteiger partial charge in [0.1, 0.15) is 11.6 Å². The number of hydrogen-bond acceptors (Lipinski definition) is 8. The van der Waals surface area contributed by atoms with Crippen LogP contribution in [-0.2, 0) is 4.74 Å². The van der Waals surface area contributed by atoms with Crippen molar-refractivity contribution in [1.29, 1.82) is 0 Å². The SMILES string of the molecule is CCOC(=O)Nc1cc(N[C@H](C)[C@@H](O)c2ccc(O)cc2)c(N)c(N)n1. The Kier molecular flexibility index (Phi) is 6.07. The van der Waals surface area contributed by atoms with Crippen molar-refractivity contribution in [2.75, 3.05) is 28.7 Å². The predicted molar refractivity (Wildman–Crippen MR) is 99.9 cm³/mol. The van der Waals surface area contributed by atoms with Crippen LogP contribution in [0.5, 0.6) is 5.75 Å². The number of carbonyl (C=O) groups excluding carboxylic acids is 1. The van der Waals surface area contributed by atoms with E-state index in [1.807, 2.05) is 0 Å². The van der Waals surface area contributed by atoms with Gasteiger partial charge in [0.15, 0.2) is 5.82 Å². The number of aliphatic hydroxyl groups is 1. The number of aromatic nitrogens is 1.